The van der Waals surface area contributed by atoms with Gasteiger partial charge in [-0.1, -0.05) is 72.3 Å². The molecule has 0 aliphatic carbocycles. The molecule has 5 rings (SSSR count). The Morgan fingerprint density at radius 3 is 2.21 bits per heavy atom. The van der Waals surface area contributed by atoms with Gasteiger partial charge in [-0.2, -0.15) is 18.3 Å². The van der Waals surface area contributed by atoms with Gasteiger partial charge in [0.2, 0.25) is 0 Å². The van der Waals surface area contributed by atoms with E-state index in [0.29, 0.717) is 33.0 Å². The molecule has 0 aliphatic rings. The molecule has 0 saturated carbocycles. The molecule has 0 bridgehead atoms. The number of nitrogens with one attached hydrogen (secondary N) is 1. The van der Waals surface area contributed by atoms with Crippen LogP contribution in [0.2, 0.25) is 5.02 Å². The summed E-state index contributed by atoms with van der Waals surface area (Å²) in [5.74, 6) is -2.00. The van der Waals surface area contributed by atoms with Crippen LogP contribution in [-0.2, 0) is 11.0 Å². The van der Waals surface area contributed by atoms with Gasteiger partial charge >= 0.3 is 12.1 Å². The second-order valence-electron chi connectivity index (χ2n) is 8.52. The molecule has 0 radical (unpaired) electrons. The monoisotopic (exact) mass is 550 g/mol. The lowest BCUT2D eigenvalue weighted by Gasteiger charge is -2.15. The van der Waals surface area contributed by atoms with Crippen LogP contribution in [0.4, 0.5) is 13.2 Å². The quantitative estimate of drug-likeness (QED) is 0.259. The minimum Gasteiger partial charge on any atom is -0.479 e. The number of hydrogen-bond donors (Lipinski definition) is 2. The van der Waals surface area contributed by atoms with Crippen molar-refractivity contribution < 1.29 is 27.9 Å². The normalized spacial score (nSPS) is 12.3. The summed E-state index contributed by atoms with van der Waals surface area (Å²) in [6.07, 6.45) is -1.84. The van der Waals surface area contributed by atoms with E-state index in [0.717, 1.165) is 12.1 Å². The average Bonchev–Trinajstić information content (AvgIpc) is 3.36. The van der Waals surface area contributed by atoms with Crippen LogP contribution in [0.5, 0.6) is 0 Å². The van der Waals surface area contributed by atoms with Crippen molar-refractivity contribution in [1.82, 2.24) is 19.9 Å². The summed E-state index contributed by atoms with van der Waals surface area (Å²) in [6.45, 7) is 0. The number of rotatable bonds is 6. The number of carbonyl (C=O) groups is 2. The lowest BCUT2D eigenvalue weighted by Crippen LogP contribution is -2.33. The van der Waals surface area contributed by atoms with E-state index in [1.807, 2.05) is 0 Å². The summed E-state index contributed by atoms with van der Waals surface area (Å²) >= 11 is 6.43. The van der Waals surface area contributed by atoms with E-state index in [4.69, 9.17) is 11.6 Å². The summed E-state index contributed by atoms with van der Waals surface area (Å²) < 4.78 is 41.0. The molecule has 11 heteroatoms. The Morgan fingerprint density at radius 2 is 1.56 bits per heavy atom. The van der Waals surface area contributed by atoms with Crippen LogP contribution in [0, 0.1) is 0 Å². The van der Waals surface area contributed by atoms with Crippen molar-refractivity contribution in [3.8, 4) is 22.4 Å². The number of carboxylic acid groups (broad SMARTS) is 1. The largest absolute Gasteiger partial charge is 0.479 e. The highest BCUT2D eigenvalue weighted by Gasteiger charge is 2.31. The minimum atomic E-state index is -4.52. The van der Waals surface area contributed by atoms with E-state index in [2.05, 4.69) is 15.4 Å². The van der Waals surface area contributed by atoms with Gasteiger partial charge in [0.15, 0.2) is 11.7 Å². The van der Waals surface area contributed by atoms with Crippen LogP contribution in [0.15, 0.2) is 91.3 Å². The van der Waals surface area contributed by atoms with Gasteiger partial charge in [-0.15, -0.1) is 0 Å². The second kappa shape index (κ2) is 10.2. The Kier molecular flexibility index (Phi) is 6.80. The van der Waals surface area contributed by atoms with Crippen LogP contribution < -0.4 is 5.32 Å². The molecule has 7 nitrogen and oxygen atoms in total. The highest BCUT2D eigenvalue weighted by atomic mass is 35.5. The van der Waals surface area contributed by atoms with Gasteiger partial charge < -0.3 is 10.4 Å². The molecule has 0 spiro atoms. The van der Waals surface area contributed by atoms with Crippen molar-refractivity contribution in [3.63, 3.8) is 0 Å². The fourth-order valence-corrected chi connectivity index (χ4v) is 4.44. The van der Waals surface area contributed by atoms with Gasteiger partial charge in [-0.05, 0) is 23.8 Å². The number of benzene rings is 3. The van der Waals surface area contributed by atoms with Gasteiger partial charge in [0.05, 0.1) is 17.5 Å². The molecule has 0 fully saturated rings. The van der Waals surface area contributed by atoms with E-state index < -0.39 is 29.7 Å². The lowest BCUT2D eigenvalue weighted by atomic mass is 9.99. The minimum absolute atomic E-state index is 0.0175. The average molecular weight is 551 g/mol. The standard InChI is InChI=1S/C28H18ClF3N4O3/c29-22-9-5-4-8-19(22)20-14-33-25-21(26(37)35-23(27(38)39)16-6-2-1-3-7-16)15-34-36(25)24(20)17-10-12-18(13-11-17)28(30,31)32/h1-15,23H,(H,35,37)(H,38,39). The Balaban J connectivity index is 1.64. The van der Waals surface area contributed by atoms with Gasteiger partial charge in [0.25, 0.3) is 5.91 Å². The first-order chi connectivity index (χ1) is 18.6. The molecule has 196 valence electrons. The molecular weight excluding hydrogens is 533 g/mol. The van der Waals surface area contributed by atoms with Crippen molar-refractivity contribution in [2.45, 2.75) is 12.2 Å². The maximum atomic E-state index is 13.2. The molecule has 39 heavy (non-hydrogen) atoms. The van der Waals surface area contributed by atoms with Crippen LogP contribution >= 0.6 is 11.6 Å². The van der Waals surface area contributed by atoms with Crippen LogP contribution in [-0.4, -0.2) is 31.6 Å². The fourth-order valence-electron chi connectivity index (χ4n) is 4.20. The smallest absolute Gasteiger partial charge is 0.416 e. The SMILES string of the molecule is O=C(NC(C(=O)O)c1ccccc1)c1cnn2c(-c3ccc(C(F)(F)F)cc3)c(-c3ccccc3Cl)cnc12. The maximum Gasteiger partial charge on any atom is 0.416 e. The molecule has 5 aromatic rings. The van der Waals surface area contributed by atoms with E-state index >= 15 is 0 Å². The van der Waals surface area contributed by atoms with Crippen molar-refractivity contribution >= 4 is 29.1 Å². The zero-order valence-corrected chi connectivity index (χ0v) is 20.6. The van der Waals surface area contributed by atoms with Crippen molar-refractivity contribution in [1.29, 1.82) is 0 Å². The molecule has 2 aromatic heterocycles. The number of aromatic nitrogens is 3. The fraction of sp³-hybridized carbons (Fsp3) is 0.0714. The molecule has 2 heterocycles. The first-order valence-corrected chi connectivity index (χ1v) is 11.9. The summed E-state index contributed by atoms with van der Waals surface area (Å²) in [5, 5.41) is 16.9. The van der Waals surface area contributed by atoms with Gasteiger partial charge in [-0.25, -0.2) is 14.3 Å². The highest BCUT2D eigenvalue weighted by molar-refractivity contribution is 6.33. The highest BCUT2D eigenvalue weighted by Crippen LogP contribution is 2.37. The van der Waals surface area contributed by atoms with Crippen molar-refractivity contribution in [2.24, 2.45) is 0 Å². The molecule has 1 atom stereocenters. The lowest BCUT2D eigenvalue weighted by molar-refractivity contribution is -0.139. The van der Waals surface area contributed by atoms with E-state index in [1.165, 1.54) is 29.0 Å². The Bertz CT molecular complexity index is 1690. The summed E-state index contributed by atoms with van der Waals surface area (Å²) in [7, 11) is 0. The summed E-state index contributed by atoms with van der Waals surface area (Å²) in [5.41, 5.74) is 1.35. The number of aliphatic carboxylic acids is 1. The third-order valence-corrected chi connectivity index (χ3v) is 6.41. The van der Waals surface area contributed by atoms with Gasteiger partial charge in [-0.3, -0.25) is 4.79 Å². The Morgan fingerprint density at radius 1 is 0.897 bits per heavy atom. The number of carbonyl (C=O) groups excluding carboxylic acids is 1. The third-order valence-electron chi connectivity index (χ3n) is 6.08. The second-order valence-corrected chi connectivity index (χ2v) is 8.93. The predicted molar refractivity (Wildman–Crippen MR) is 138 cm³/mol. The number of halogens is 4. The van der Waals surface area contributed by atoms with Crippen LogP contribution in [0.3, 0.4) is 0 Å². The third kappa shape index (κ3) is 5.06. The number of carboxylic acids is 1. The zero-order valence-electron chi connectivity index (χ0n) is 19.9. The number of nitrogens with zero attached hydrogens (tertiary/aromatic N) is 3. The topological polar surface area (TPSA) is 96.6 Å². The molecule has 0 aliphatic heterocycles. The molecule has 1 amide bonds. The molecule has 2 N–H and O–H groups in total. The predicted octanol–water partition coefficient (Wildman–Crippen LogP) is 6.29. The van der Waals surface area contributed by atoms with Crippen LogP contribution in [0.1, 0.15) is 27.5 Å². The molecule has 0 saturated heterocycles. The molecule has 3 aromatic carbocycles. The number of fused-ring (bicyclic) bond motifs is 1. The zero-order chi connectivity index (χ0) is 27.7. The maximum absolute atomic E-state index is 13.2. The van der Waals surface area contributed by atoms with E-state index in [-0.39, 0.29) is 11.2 Å². The van der Waals surface area contributed by atoms with Crippen molar-refractivity contribution in [2.75, 3.05) is 0 Å². The van der Waals surface area contributed by atoms with Gasteiger partial charge in [0, 0.05) is 27.9 Å². The molecular formula is C28H18ClF3N4O3. The number of amides is 1. The van der Waals surface area contributed by atoms with Crippen molar-refractivity contribution in [3.05, 3.63) is 113 Å². The first kappa shape index (κ1) is 25.9. The summed E-state index contributed by atoms with van der Waals surface area (Å²) in [4.78, 5) is 29.5. The van der Waals surface area contributed by atoms with Crippen LogP contribution in [0.25, 0.3) is 28.0 Å². The number of alkyl halides is 3. The Hall–Kier alpha value is -4.70. The van der Waals surface area contributed by atoms with Gasteiger partial charge in [0.1, 0.15) is 5.56 Å². The molecule has 1 unspecified atom stereocenters. The summed E-state index contributed by atoms with van der Waals surface area (Å²) in [6, 6.07) is 18.2. The van der Waals surface area contributed by atoms with E-state index in [9.17, 15) is 27.9 Å². The Labute approximate surface area is 224 Å². The van der Waals surface area contributed by atoms with E-state index in [1.54, 1.807) is 54.6 Å². The number of hydrogen-bond acceptors (Lipinski definition) is 4. The first-order valence-electron chi connectivity index (χ1n) is 11.5.